The first-order valence-electron chi connectivity index (χ1n) is 9.96. The molecule has 0 heterocycles. The minimum Gasteiger partial charge on any atom is -0.121 e. The Labute approximate surface area is 187 Å². The lowest BCUT2D eigenvalue weighted by molar-refractivity contribution is 1.38. The van der Waals surface area contributed by atoms with E-state index >= 15 is 0 Å². The monoisotopic (exact) mass is 424 g/mol. The Bertz CT molecular complexity index is 1160. The fourth-order valence-electron chi connectivity index (χ4n) is 3.28. The van der Waals surface area contributed by atoms with Gasteiger partial charge in [0.15, 0.2) is 0 Å². The highest BCUT2D eigenvalue weighted by atomic mass is 32.2. The third-order valence-electron chi connectivity index (χ3n) is 5.04. The van der Waals surface area contributed by atoms with Crippen LogP contribution in [0.25, 0.3) is 22.9 Å². The van der Waals surface area contributed by atoms with Gasteiger partial charge < -0.3 is 0 Å². The Kier molecular flexibility index (Phi) is 6.78. The zero-order valence-corrected chi connectivity index (χ0v) is 18.5. The number of rotatable bonds is 8. The average molecular weight is 425 g/mol. The smallest absolute Gasteiger partial charge is 0.0232 e. The molecule has 2 heteroatoms. The van der Waals surface area contributed by atoms with Crippen molar-refractivity contribution in [1.29, 1.82) is 0 Å². The summed E-state index contributed by atoms with van der Waals surface area (Å²) in [5.41, 5.74) is 4.99. The Morgan fingerprint density at radius 2 is 1.23 bits per heavy atom. The number of hydrogen-bond donors (Lipinski definition) is 0. The molecule has 4 aromatic carbocycles. The van der Waals surface area contributed by atoms with Gasteiger partial charge in [-0.1, -0.05) is 92.0 Å². The summed E-state index contributed by atoms with van der Waals surface area (Å²) in [6.07, 6.45) is 3.76. The molecule has 0 spiro atoms. The number of fused-ring (bicyclic) bond motifs is 1. The fourth-order valence-corrected chi connectivity index (χ4v) is 5.21. The molecule has 4 rings (SSSR count). The molecule has 4 aromatic rings. The fraction of sp³-hybridized carbons (Fsp3) is 0.0714. The van der Waals surface area contributed by atoms with Gasteiger partial charge in [-0.2, -0.15) is 0 Å². The van der Waals surface area contributed by atoms with Crippen LogP contribution in [-0.2, 0) is 11.5 Å². The summed E-state index contributed by atoms with van der Waals surface area (Å²) in [6.45, 7) is 7.64. The lowest BCUT2D eigenvalue weighted by Gasteiger charge is -2.09. The van der Waals surface area contributed by atoms with E-state index in [0.29, 0.717) is 0 Å². The third-order valence-corrected chi connectivity index (χ3v) is 7.25. The van der Waals surface area contributed by atoms with Crippen molar-refractivity contribution in [3.05, 3.63) is 120 Å². The Hall–Kier alpha value is -2.68. The van der Waals surface area contributed by atoms with E-state index in [1.807, 2.05) is 35.7 Å². The summed E-state index contributed by atoms with van der Waals surface area (Å²) in [4.78, 5) is 2.63. The van der Waals surface area contributed by atoms with E-state index in [1.54, 1.807) is 0 Å². The van der Waals surface area contributed by atoms with Crippen molar-refractivity contribution in [3.63, 3.8) is 0 Å². The van der Waals surface area contributed by atoms with E-state index in [4.69, 9.17) is 0 Å². The van der Waals surface area contributed by atoms with Crippen molar-refractivity contribution in [2.75, 3.05) is 0 Å². The highest BCUT2D eigenvalue weighted by Gasteiger charge is 2.05. The highest BCUT2D eigenvalue weighted by Crippen LogP contribution is 2.33. The molecule has 30 heavy (non-hydrogen) atoms. The van der Waals surface area contributed by atoms with Crippen LogP contribution in [0.4, 0.5) is 0 Å². The van der Waals surface area contributed by atoms with Gasteiger partial charge >= 0.3 is 0 Å². The Morgan fingerprint density at radius 3 is 1.83 bits per heavy atom. The van der Waals surface area contributed by atoms with Gasteiger partial charge in [0.1, 0.15) is 0 Å². The molecule has 0 fully saturated rings. The van der Waals surface area contributed by atoms with Crippen molar-refractivity contribution in [2.45, 2.75) is 21.3 Å². The minimum atomic E-state index is 0.966. The van der Waals surface area contributed by atoms with Gasteiger partial charge in [-0.15, -0.1) is 23.5 Å². The van der Waals surface area contributed by atoms with Gasteiger partial charge in [-0.3, -0.25) is 0 Å². The maximum atomic E-state index is 3.82. The van der Waals surface area contributed by atoms with Crippen LogP contribution in [0.3, 0.4) is 0 Å². The van der Waals surface area contributed by atoms with Gasteiger partial charge in [-0.05, 0) is 51.2 Å². The van der Waals surface area contributed by atoms with Crippen molar-refractivity contribution < 1.29 is 0 Å². The second-order valence-corrected chi connectivity index (χ2v) is 9.17. The van der Waals surface area contributed by atoms with Crippen LogP contribution in [-0.4, -0.2) is 0 Å². The van der Waals surface area contributed by atoms with Gasteiger partial charge in [0, 0.05) is 21.3 Å². The molecule has 0 amide bonds. The molecular weight excluding hydrogens is 400 g/mol. The number of thioether (sulfide) groups is 2. The van der Waals surface area contributed by atoms with E-state index < -0.39 is 0 Å². The predicted molar refractivity (Wildman–Crippen MR) is 136 cm³/mol. The summed E-state index contributed by atoms with van der Waals surface area (Å²) in [6, 6.07) is 30.6. The molecule has 0 aliphatic carbocycles. The van der Waals surface area contributed by atoms with E-state index in [0.717, 1.165) is 22.6 Å². The highest BCUT2D eigenvalue weighted by molar-refractivity contribution is 7.99. The first kappa shape index (κ1) is 20.6. The van der Waals surface area contributed by atoms with Crippen LogP contribution >= 0.6 is 23.5 Å². The van der Waals surface area contributed by atoms with Crippen molar-refractivity contribution >= 4 is 46.4 Å². The van der Waals surface area contributed by atoms with Crippen LogP contribution in [0, 0.1) is 0 Å². The van der Waals surface area contributed by atoms with Gasteiger partial charge in [0.2, 0.25) is 0 Å². The summed E-state index contributed by atoms with van der Waals surface area (Å²) in [7, 11) is 0. The van der Waals surface area contributed by atoms with Crippen LogP contribution in [0.15, 0.2) is 108 Å². The SMILES string of the molecule is C=Cc1ccc(CSc2ccc3c(SCc4ccc(C=C)cc4)cccc3c2)cc1. The Balaban J connectivity index is 1.45. The summed E-state index contributed by atoms with van der Waals surface area (Å²) in [5, 5.41) is 2.62. The summed E-state index contributed by atoms with van der Waals surface area (Å²) in [5.74, 6) is 1.94. The van der Waals surface area contributed by atoms with Gasteiger partial charge in [0.25, 0.3) is 0 Å². The first-order valence-corrected chi connectivity index (χ1v) is 11.9. The average Bonchev–Trinajstić information content (AvgIpc) is 2.81. The zero-order valence-electron chi connectivity index (χ0n) is 16.9. The van der Waals surface area contributed by atoms with Crippen molar-refractivity contribution in [2.24, 2.45) is 0 Å². The molecule has 0 atom stereocenters. The van der Waals surface area contributed by atoms with Crippen LogP contribution in [0.5, 0.6) is 0 Å². The molecule has 0 N–H and O–H groups in total. The topological polar surface area (TPSA) is 0 Å². The predicted octanol–water partition coefficient (Wildman–Crippen LogP) is 8.71. The number of benzene rings is 4. The normalized spacial score (nSPS) is 10.8. The van der Waals surface area contributed by atoms with Crippen LogP contribution in [0.2, 0.25) is 0 Å². The van der Waals surface area contributed by atoms with E-state index in [2.05, 4.69) is 98.1 Å². The summed E-state index contributed by atoms with van der Waals surface area (Å²) < 4.78 is 0. The lowest BCUT2D eigenvalue weighted by atomic mass is 10.1. The first-order chi connectivity index (χ1) is 14.7. The zero-order chi connectivity index (χ0) is 20.8. The van der Waals surface area contributed by atoms with Crippen molar-refractivity contribution in [3.8, 4) is 0 Å². The molecule has 0 aromatic heterocycles. The molecular formula is C28H24S2. The van der Waals surface area contributed by atoms with Crippen molar-refractivity contribution in [1.82, 2.24) is 0 Å². The maximum absolute atomic E-state index is 3.82. The van der Waals surface area contributed by atoms with Crippen LogP contribution in [0.1, 0.15) is 22.3 Å². The molecule has 0 radical (unpaired) electrons. The third kappa shape index (κ3) is 5.08. The van der Waals surface area contributed by atoms with E-state index in [-0.39, 0.29) is 0 Å². The van der Waals surface area contributed by atoms with Gasteiger partial charge in [-0.25, -0.2) is 0 Å². The largest absolute Gasteiger partial charge is 0.121 e. The van der Waals surface area contributed by atoms with Gasteiger partial charge in [0.05, 0.1) is 0 Å². The summed E-state index contributed by atoms with van der Waals surface area (Å²) >= 11 is 3.78. The van der Waals surface area contributed by atoms with E-state index in [1.165, 1.54) is 31.7 Å². The molecule has 0 aliphatic rings. The second kappa shape index (κ2) is 9.88. The lowest BCUT2D eigenvalue weighted by Crippen LogP contribution is -1.84. The molecule has 148 valence electrons. The van der Waals surface area contributed by atoms with E-state index in [9.17, 15) is 0 Å². The molecule has 0 nitrogen and oxygen atoms in total. The maximum Gasteiger partial charge on any atom is 0.0232 e. The number of hydrogen-bond acceptors (Lipinski definition) is 2. The molecule has 0 saturated carbocycles. The van der Waals surface area contributed by atoms with Crippen LogP contribution < -0.4 is 0 Å². The minimum absolute atomic E-state index is 0.966. The Morgan fingerprint density at radius 1 is 0.633 bits per heavy atom. The molecule has 0 unspecified atom stereocenters. The molecule has 0 saturated heterocycles. The quantitative estimate of drug-likeness (QED) is 0.259. The molecule has 0 aliphatic heterocycles. The standard InChI is InChI=1S/C28H24S2/c1-3-21-8-12-23(13-9-21)19-29-26-16-17-27-25(18-26)6-5-7-28(27)30-20-24-14-10-22(4-2)11-15-24/h3-18H,1-2,19-20H2. The second-order valence-electron chi connectivity index (χ2n) is 7.11. The molecule has 0 bridgehead atoms.